The van der Waals surface area contributed by atoms with Crippen molar-refractivity contribution in [3.63, 3.8) is 0 Å². The van der Waals surface area contributed by atoms with Gasteiger partial charge in [0.15, 0.2) is 5.69 Å². The highest BCUT2D eigenvalue weighted by Crippen LogP contribution is 2.37. The maximum Gasteiger partial charge on any atom is 0.435 e. The monoisotopic (exact) mass is 491 g/mol. The van der Waals surface area contributed by atoms with E-state index in [0.29, 0.717) is 16.8 Å². The third kappa shape index (κ3) is 5.20. The minimum Gasteiger partial charge on any atom is -0.279 e. The molecule has 0 aliphatic rings. The molecule has 0 saturated heterocycles. The Kier molecular flexibility index (Phi) is 6.99. The number of allylic oxidation sites excluding steroid dienone is 1. The highest BCUT2D eigenvalue weighted by molar-refractivity contribution is 7.89. The highest BCUT2D eigenvalue weighted by atomic mass is 32.2. The van der Waals surface area contributed by atoms with Crippen LogP contribution >= 0.6 is 0 Å². The molecule has 0 aliphatic heterocycles. The molecule has 0 saturated carbocycles. The van der Waals surface area contributed by atoms with Crippen molar-refractivity contribution >= 4 is 22.4 Å². The molecule has 0 unspecified atom stereocenters. The maximum absolute atomic E-state index is 13.6. The van der Waals surface area contributed by atoms with Gasteiger partial charge in [-0.25, -0.2) is 18.2 Å². The van der Waals surface area contributed by atoms with E-state index in [1.165, 1.54) is 24.3 Å². The lowest BCUT2D eigenvalue weighted by molar-refractivity contribution is -0.141. The van der Waals surface area contributed by atoms with Crippen LogP contribution in [0.15, 0.2) is 64.6 Å². The van der Waals surface area contributed by atoms with E-state index in [-0.39, 0.29) is 22.2 Å². The van der Waals surface area contributed by atoms with Crippen LogP contribution in [0.4, 0.5) is 13.2 Å². The average molecular weight is 492 g/mol. The first-order chi connectivity index (χ1) is 15.9. The first-order valence-electron chi connectivity index (χ1n) is 10.2. The van der Waals surface area contributed by atoms with Gasteiger partial charge in [0.1, 0.15) is 0 Å². The molecule has 11 heteroatoms. The van der Waals surface area contributed by atoms with Crippen molar-refractivity contribution in [3.05, 3.63) is 71.4 Å². The Bertz CT molecular complexity index is 1340. The van der Waals surface area contributed by atoms with Gasteiger partial charge in [0.2, 0.25) is 10.0 Å². The molecule has 0 amide bonds. The van der Waals surface area contributed by atoms with Gasteiger partial charge >= 0.3 is 6.18 Å². The van der Waals surface area contributed by atoms with E-state index in [1.54, 1.807) is 19.1 Å². The average Bonchev–Trinajstić information content (AvgIpc) is 3.22. The number of primary sulfonamides is 1. The molecule has 0 atom stereocenters. The molecule has 1 heterocycles. The Morgan fingerprint density at radius 3 is 2.32 bits per heavy atom. The van der Waals surface area contributed by atoms with Gasteiger partial charge in [0, 0.05) is 12.3 Å². The van der Waals surface area contributed by atoms with Crippen molar-refractivity contribution in [1.82, 2.24) is 15.2 Å². The summed E-state index contributed by atoms with van der Waals surface area (Å²) in [5.74, 6) is -0.00830. The van der Waals surface area contributed by atoms with Crippen LogP contribution in [0.3, 0.4) is 0 Å². The van der Waals surface area contributed by atoms with Crippen LogP contribution in [-0.4, -0.2) is 24.9 Å². The van der Waals surface area contributed by atoms with Gasteiger partial charge in [-0.1, -0.05) is 32.1 Å². The number of hydrazone groups is 1. The third-order valence-electron chi connectivity index (χ3n) is 5.16. The smallest absolute Gasteiger partial charge is 0.279 e. The topological polar surface area (TPSA) is 102 Å². The van der Waals surface area contributed by atoms with E-state index < -0.39 is 21.9 Å². The van der Waals surface area contributed by atoms with E-state index >= 15 is 0 Å². The summed E-state index contributed by atoms with van der Waals surface area (Å²) in [6, 6.07) is 11.6. The fourth-order valence-corrected chi connectivity index (χ4v) is 4.03. The van der Waals surface area contributed by atoms with Crippen molar-refractivity contribution in [2.24, 2.45) is 10.2 Å². The summed E-state index contributed by atoms with van der Waals surface area (Å²) in [5, 5.41) is 12.6. The molecule has 2 aromatic carbocycles. The second kappa shape index (κ2) is 9.43. The number of alkyl halides is 3. The zero-order chi connectivity index (χ0) is 25.3. The van der Waals surface area contributed by atoms with Crippen LogP contribution in [0.1, 0.15) is 43.5 Å². The molecule has 34 heavy (non-hydrogen) atoms. The fourth-order valence-electron chi connectivity index (χ4n) is 3.52. The fraction of sp³-hybridized carbons (Fsp3) is 0.217. The number of benzene rings is 2. The predicted octanol–water partition coefficient (Wildman–Crippen LogP) is 4.89. The van der Waals surface area contributed by atoms with Gasteiger partial charge < -0.3 is 0 Å². The van der Waals surface area contributed by atoms with Gasteiger partial charge in [-0.05, 0) is 60.4 Å². The summed E-state index contributed by atoms with van der Waals surface area (Å²) < 4.78 is 65.3. The van der Waals surface area contributed by atoms with Crippen LogP contribution in [0.2, 0.25) is 0 Å². The molecular formula is C23H24F3N5O2S. The Morgan fingerprint density at radius 2 is 1.82 bits per heavy atom. The number of aromatic nitrogens is 2. The minimum atomic E-state index is -4.68. The van der Waals surface area contributed by atoms with Crippen LogP contribution in [0, 0.1) is 0 Å². The van der Waals surface area contributed by atoms with Crippen molar-refractivity contribution in [3.8, 4) is 16.9 Å². The zero-order valence-corrected chi connectivity index (χ0v) is 19.6. The van der Waals surface area contributed by atoms with Crippen molar-refractivity contribution in [2.75, 3.05) is 0 Å². The minimum absolute atomic E-state index is 0.00830. The molecule has 180 valence electrons. The second-order valence-corrected chi connectivity index (χ2v) is 9.35. The summed E-state index contributed by atoms with van der Waals surface area (Å²) in [6.07, 6.45) is -2.91. The number of halogens is 3. The molecule has 0 radical (unpaired) electrons. The van der Waals surface area contributed by atoms with Gasteiger partial charge in [0.05, 0.1) is 22.0 Å². The quantitative estimate of drug-likeness (QED) is 0.363. The maximum atomic E-state index is 13.6. The van der Waals surface area contributed by atoms with E-state index in [2.05, 4.69) is 22.3 Å². The van der Waals surface area contributed by atoms with Gasteiger partial charge in [-0.2, -0.15) is 23.4 Å². The zero-order valence-electron chi connectivity index (χ0n) is 18.8. The normalized spacial score (nSPS) is 12.8. The molecule has 0 fully saturated rings. The largest absolute Gasteiger partial charge is 0.435 e. The Morgan fingerprint density at radius 1 is 1.18 bits per heavy atom. The second-order valence-electron chi connectivity index (χ2n) is 7.79. The third-order valence-corrected chi connectivity index (χ3v) is 6.09. The molecule has 7 nitrogen and oxygen atoms in total. The molecular weight excluding hydrogens is 467 g/mol. The van der Waals surface area contributed by atoms with Gasteiger partial charge in [-0.15, -0.1) is 0 Å². The standard InChI is InChI=1S/C23H24F3N5O2S/c1-5-20(29-28-4)15-6-11-18(14(2)3)19(12-15)21-13-22(23(24,25)26)30-31(21)16-7-9-17(10-8-16)34(27,32)33/h5-14,29H,4H2,1-3H3,(H2,27,32,33)/b20-5-. The van der Waals surface area contributed by atoms with E-state index in [0.717, 1.165) is 16.3 Å². The number of hydrogen-bond donors (Lipinski definition) is 2. The first-order valence-corrected chi connectivity index (χ1v) is 11.7. The molecule has 3 rings (SSSR count). The molecule has 1 aromatic heterocycles. The van der Waals surface area contributed by atoms with Crippen LogP contribution < -0.4 is 10.6 Å². The first kappa shape index (κ1) is 25.2. The summed E-state index contributed by atoms with van der Waals surface area (Å²) in [5.41, 5.74) is 4.82. The van der Waals surface area contributed by atoms with Crippen molar-refractivity contribution in [1.29, 1.82) is 0 Å². The highest BCUT2D eigenvalue weighted by Gasteiger charge is 2.35. The van der Waals surface area contributed by atoms with Crippen LogP contribution in [0.5, 0.6) is 0 Å². The predicted molar refractivity (Wildman–Crippen MR) is 126 cm³/mol. The van der Waals surface area contributed by atoms with Gasteiger partial charge in [-0.3, -0.25) is 5.43 Å². The SMILES string of the molecule is C=NN/C(=C\C)c1ccc(C(C)C)c(-c2cc(C(F)(F)F)nn2-c2ccc(S(N)(=O)=O)cc2)c1. The number of nitrogens with one attached hydrogen (secondary N) is 1. The number of nitrogens with two attached hydrogens (primary N) is 1. The number of nitrogens with zero attached hydrogens (tertiary/aromatic N) is 3. The van der Waals surface area contributed by atoms with Crippen molar-refractivity contribution in [2.45, 2.75) is 37.8 Å². The summed E-state index contributed by atoms with van der Waals surface area (Å²) in [4.78, 5) is -0.161. The number of sulfonamides is 1. The van der Waals surface area contributed by atoms with E-state index in [9.17, 15) is 21.6 Å². The Hall–Kier alpha value is -3.44. The number of rotatable bonds is 7. The molecule has 0 bridgehead atoms. The molecule has 3 N–H and O–H groups in total. The lowest BCUT2D eigenvalue weighted by Gasteiger charge is -2.17. The lowest BCUT2D eigenvalue weighted by atomic mass is 9.92. The number of hydrogen-bond acceptors (Lipinski definition) is 5. The summed E-state index contributed by atoms with van der Waals surface area (Å²) in [6.45, 7) is 9.08. The van der Waals surface area contributed by atoms with Crippen molar-refractivity contribution < 1.29 is 21.6 Å². The Balaban J connectivity index is 2.30. The lowest BCUT2D eigenvalue weighted by Crippen LogP contribution is -2.12. The molecule has 0 aliphatic carbocycles. The van der Waals surface area contributed by atoms with Crippen LogP contribution in [-0.2, 0) is 16.2 Å². The Labute approximate surface area is 195 Å². The van der Waals surface area contributed by atoms with Crippen LogP contribution in [0.25, 0.3) is 22.6 Å². The summed E-state index contributed by atoms with van der Waals surface area (Å²) >= 11 is 0. The van der Waals surface area contributed by atoms with Gasteiger partial charge in [0.25, 0.3) is 0 Å². The van der Waals surface area contributed by atoms with E-state index in [4.69, 9.17) is 5.14 Å². The summed E-state index contributed by atoms with van der Waals surface area (Å²) in [7, 11) is -3.96. The molecule has 3 aromatic rings. The molecule has 0 spiro atoms. The van der Waals surface area contributed by atoms with E-state index in [1.807, 2.05) is 26.0 Å².